The fourth-order valence-corrected chi connectivity index (χ4v) is 2.19. The molecule has 3 N–H and O–H groups in total. The van der Waals surface area contributed by atoms with Crippen molar-refractivity contribution in [2.45, 2.75) is 6.04 Å². The van der Waals surface area contributed by atoms with Gasteiger partial charge in [-0.3, -0.25) is 14.7 Å². The molecule has 2 rings (SSSR count). The predicted molar refractivity (Wildman–Crippen MR) is 74.9 cm³/mol. The minimum atomic E-state index is -0.172. The summed E-state index contributed by atoms with van der Waals surface area (Å²) in [7, 11) is 4.18. The van der Waals surface area contributed by atoms with E-state index >= 15 is 0 Å². The largest absolute Gasteiger partial charge is 0.399 e. The number of hydrogen-bond donors (Lipinski definition) is 2. The molecule has 1 amide bonds. The quantitative estimate of drug-likeness (QED) is 0.779. The summed E-state index contributed by atoms with van der Waals surface area (Å²) in [4.78, 5) is 20.5. The van der Waals surface area contributed by atoms with Crippen LogP contribution in [-0.4, -0.2) is 67.0 Å². The van der Waals surface area contributed by atoms with Gasteiger partial charge in [-0.05, 0) is 26.2 Å². The average Bonchev–Trinajstić information content (AvgIpc) is 2.39. The first-order chi connectivity index (χ1) is 9.06. The molecule has 1 aliphatic heterocycles. The van der Waals surface area contributed by atoms with Crippen LogP contribution in [-0.2, 0) is 0 Å². The lowest BCUT2D eigenvalue weighted by Gasteiger charge is -2.37. The molecule has 0 spiro atoms. The van der Waals surface area contributed by atoms with E-state index in [0.29, 0.717) is 24.0 Å². The number of aromatic nitrogens is 1. The number of likely N-dealkylation sites (N-methyl/N-ethyl adjacent to an activating group) is 2. The van der Waals surface area contributed by atoms with Gasteiger partial charge in [0.15, 0.2) is 0 Å². The third-order valence-corrected chi connectivity index (χ3v) is 3.50. The van der Waals surface area contributed by atoms with Crippen LogP contribution in [0.2, 0.25) is 0 Å². The SMILES string of the molecule is CN1CCN(C)C(CNC(=O)c2cc(N)ccn2)C1. The molecule has 0 aromatic carbocycles. The van der Waals surface area contributed by atoms with Gasteiger partial charge in [-0.1, -0.05) is 0 Å². The van der Waals surface area contributed by atoms with Crippen molar-refractivity contribution in [3.63, 3.8) is 0 Å². The Morgan fingerprint density at radius 2 is 2.32 bits per heavy atom. The Balaban J connectivity index is 1.89. The molecule has 0 saturated carbocycles. The van der Waals surface area contributed by atoms with Gasteiger partial charge in [-0.15, -0.1) is 0 Å². The number of nitrogens with zero attached hydrogens (tertiary/aromatic N) is 3. The van der Waals surface area contributed by atoms with Crippen LogP contribution in [0, 0.1) is 0 Å². The van der Waals surface area contributed by atoms with E-state index in [2.05, 4.69) is 34.2 Å². The van der Waals surface area contributed by atoms with Crippen molar-refractivity contribution < 1.29 is 4.79 Å². The standard InChI is InChI=1S/C13H21N5O/c1-17-5-6-18(2)11(9-17)8-16-13(19)12-7-10(14)3-4-15-12/h3-4,7,11H,5-6,8-9H2,1-2H3,(H2,14,15)(H,16,19). The summed E-state index contributed by atoms with van der Waals surface area (Å²) in [6, 6.07) is 3.59. The second-order valence-electron chi connectivity index (χ2n) is 5.08. The Bertz CT molecular complexity index is 450. The Morgan fingerprint density at radius 3 is 3.05 bits per heavy atom. The summed E-state index contributed by atoms with van der Waals surface area (Å²) in [5, 5.41) is 2.92. The predicted octanol–water partition coefficient (Wildman–Crippen LogP) is -0.361. The molecule has 1 atom stereocenters. The van der Waals surface area contributed by atoms with Gasteiger partial charge in [0.05, 0.1) is 0 Å². The number of piperazine rings is 1. The van der Waals surface area contributed by atoms with Crippen molar-refractivity contribution in [2.75, 3.05) is 46.0 Å². The molecule has 6 heteroatoms. The van der Waals surface area contributed by atoms with E-state index in [9.17, 15) is 4.79 Å². The van der Waals surface area contributed by atoms with E-state index < -0.39 is 0 Å². The smallest absolute Gasteiger partial charge is 0.270 e. The molecule has 6 nitrogen and oxygen atoms in total. The molecule has 0 bridgehead atoms. The minimum Gasteiger partial charge on any atom is -0.399 e. The van der Waals surface area contributed by atoms with E-state index in [1.807, 2.05) is 0 Å². The van der Waals surface area contributed by atoms with E-state index in [4.69, 9.17) is 5.73 Å². The summed E-state index contributed by atoms with van der Waals surface area (Å²) < 4.78 is 0. The molecule has 0 aliphatic carbocycles. The van der Waals surface area contributed by atoms with Crippen molar-refractivity contribution in [3.8, 4) is 0 Å². The Labute approximate surface area is 113 Å². The molecule has 0 radical (unpaired) electrons. The molecule has 19 heavy (non-hydrogen) atoms. The van der Waals surface area contributed by atoms with E-state index in [1.54, 1.807) is 18.3 Å². The fourth-order valence-electron chi connectivity index (χ4n) is 2.19. The summed E-state index contributed by atoms with van der Waals surface area (Å²) in [6.45, 7) is 3.67. The zero-order valence-electron chi connectivity index (χ0n) is 11.5. The maximum Gasteiger partial charge on any atom is 0.270 e. The highest BCUT2D eigenvalue weighted by Gasteiger charge is 2.22. The number of nitrogens with two attached hydrogens (primary N) is 1. The van der Waals surface area contributed by atoms with E-state index in [1.165, 1.54) is 0 Å². The van der Waals surface area contributed by atoms with Crippen molar-refractivity contribution >= 4 is 11.6 Å². The molecule has 1 saturated heterocycles. The zero-order chi connectivity index (χ0) is 13.8. The fraction of sp³-hybridized carbons (Fsp3) is 0.538. The summed E-state index contributed by atoms with van der Waals surface area (Å²) in [6.07, 6.45) is 1.55. The van der Waals surface area contributed by atoms with Gasteiger partial charge in [-0.25, -0.2) is 0 Å². The van der Waals surface area contributed by atoms with Crippen LogP contribution in [0.3, 0.4) is 0 Å². The lowest BCUT2D eigenvalue weighted by Crippen LogP contribution is -2.54. The molecule has 1 aliphatic rings. The van der Waals surface area contributed by atoms with Crippen LogP contribution in [0.5, 0.6) is 0 Å². The second-order valence-corrected chi connectivity index (χ2v) is 5.08. The molecule has 1 unspecified atom stereocenters. The highest BCUT2D eigenvalue weighted by atomic mass is 16.1. The number of carbonyl (C=O) groups is 1. The molecular formula is C13H21N5O. The second kappa shape index (κ2) is 5.99. The highest BCUT2D eigenvalue weighted by Crippen LogP contribution is 2.06. The number of rotatable bonds is 3. The number of hydrogen-bond acceptors (Lipinski definition) is 5. The zero-order valence-corrected chi connectivity index (χ0v) is 11.5. The van der Waals surface area contributed by atoms with Gasteiger partial charge in [0, 0.05) is 44.1 Å². The topological polar surface area (TPSA) is 74.5 Å². The van der Waals surface area contributed by atoms with Gasteiger partial charge < -0.3 is 16.0 Å². The van der Waals surface area contributed by atoms with Crippen LogP contribution in [0.4, 0.5) is 5.69 Å². The van der Waals surface area contributed by atoms with Crippen LogP contribution in [0.15, 0.2) is 18.3 Å². The molecule has 104 valence electrons. The van der Waals surface area contributed by atoms with Gasteiger partial charge in [0.25, 0.3) is 5.91 Å². The van der Waals surface area contributed by atoms with Crippen LogP contribution < -0.4 is 11.1 Å². The Kier molecular flexibility index (Phi) is 4.34. The van der Waals surface area contributed by atoms with Gasteiger partial charge >= 0.3 is 0 Å². The molecule has 1 aromatic rings. The lowest BCUT2D eigenvalue weighted by atomic mass is 10.2. The number of nitrogen functional groups attached to an aromatic ring is 1. The normalized spacial score (nSPS) is 21.3. The Hall–Kier alpha value is -1.66. The molecular weight excluding hydrogens is 242 g/mol. The number of nitrogens with one attached hydrogen (secondary N) is 1. The van der Waals surface area contributed by atoms with Crippen molar-refractivity contribution in [1.82, 2.24) is 20.1 Å². The van der Waals surface area contributed by atoms with Gasteiger partial charge in [0.1, 0.15) is 5.69 Å². The van der Waals surface area contributed by atoms with E-state index in [0.717, 1.165) is 19.6 Å². The minimum absolute atomic E-state index is 0.172. The number of pyridine rings is 1. The lowest BCUT2D eigenvalue weighted by molar-refractivity contribution is 0.0877. The molecule has 1 fully saturated rings. The van der Waals surface area contributed by atoms with Crippen molar-refractivity contribution in [1.29, 1.82) is 0 Å². The number of anilines is 1. The van der Waals surface area contributed by atoms with Crippen molar-refractivity contribution in [2.24, 2.45) is 0 Å². The maximum absolute atomic E-state index is 12.0. The van der Waals surface area contributed by atoms with Gasteiger partial charge in [-0.2, -0.15) is 0 Å². The third kappa shape index (κ3) is 3.65. The summed E-state index contributed by atoms with van der Waals surface area (Å²) in [5.41, 5.74) is 6.56. The average molecular weight is 263 g/mol. The summed E-state index contributed by atoms with van der Waals surface area (Å²) >= 11 is 0. The van der Waals surface area contributed by atoms with Crippen LogP contribution >= 0.6 is 0 Å². The van der Waals surface area contributed by atoms with Crippen molar-refractivity contribution in [3.05, 3.63) is 24.0 Å². The monoisotopic (exact) mass is 263 g/mol. The number of carbonyl (C=O) groups excluding carboxylic acids is 1. The van der Waals surface area contributed by atoms with Crippen LogP contribution in [0.25, 0.3) is 0 Å². The van der Waals surface area contributed by atoms with E-state index in [-0.39, 0.29) is 5.91 Å². The van der Waals surface area contributed by atoms with Gasteiger partial charge in [0.2, 0.25) is 0 Å². The first-order valence-electron chi connectivity index (χ1n) is 6.45. The molecule has 2 heterocycles. The highest BCUT2D eigenvalue weighted by molar-refractivity contribution is 5.92. The number of amides is 1. The first-order valence-corrected chi connectivity index (χ1v) is 6.45. The third-order valence-electron chi connectivity index (χ3n) is 3.50. The molecule has 1 aromatic heterocycles. The first kappa shape index (κ1) is 13.8. The Morgan fingerprint density at radius 1 is 1.53 bits per heavy atom. The summed E-state index contributed by atoms with van der Waals surface area (Å²) in [5.74, 6) is -0.172. The maximum atomic E-state index is 12.0. The van der Waals surface area contributed by atoms with Crippen LogP contribution in [0.1, 0.15) is 10.5 Å².